The van der Waals surface area contributed by atoms with Gasteiger partial charge in [-0.05, 0) is 24.6 Å². The molecule has 2 aromatic carbocycles. The summed E-state index contributed by atoms with van der Waals surface area (Å²) in [6, 6.07) is 16.6. The SMILES string of the molecule is COc1ccc(OC)c(NC(=O)/C(C#N)=C\NC(C)c2ccccc2)c1. The molecule has 0 saturated heterocycles. The maximum atomic E-state index is 12.4. The molecule has 2 N–H and O–H groups in total. The van der Waals surface area contributed by atoms with Gasteiger partial charge in [0.05, 0.1) is 19.9 Å². The quantitative estimate of drug-likeness (QED) is 0.590. The molecule has 0 fully saturated rings. The van der Waals surface area contributed by atoms with Gasteiger partial charge in [-0.3, -0.25) is 4.79 Å². The Balaban J connectivity index is 2.13. The lowest BCUT2D eigenvalue weighted by Crippen LogP contribution is -2.18. The molecular weight excluding hydrogens is 330 g/mol. The van der Waals surface area contributed by atoms with E-state index in [1.807, 2.05) is 43.3 Å². The van der Waals surface area contributed by atoms with Gasteiger partial charge in [0.1, 0.15) is 23.1 Å². The van der Waals surface area contributed by atoms with E-state index >= 15 is 0 Å². The van der Waals surface area contributed by atoms with E-state index < -0.39 is 5.91 Å². The van der Waals surface area contributed by atoms with Crippen LogP contribution in [0.15, 0.2) is 60.3 Å². The van der Waals surface area contributed by atoms with Gasteiger partial charge >= 0.3 is 0 Å². The third kappa shape index (κ3) is 4.77. The fourth-order valence-electron chi connectivity index (χ4n) is 2.30. The van der Waals surface area contributed by atoms with E-state index in [-0.39, 0.29) is 11.6 Å². The van der Waals surface area contributed by atoms with Crippen molar-refractivity contribution in [2.24, 2.45) is 0 Å². The number of rotatable bonds is 7. The Morgan fingerprint density at radius 1 is 1.15 bits per heavy atom. The summed E-state index contributed by atoms with van der Waals surface area (Å²) in [5, 5.41) is 15.1. The van der Waals surface area contributed by atoms with Crippen molar-refractivity contribution >= 4 is 11.6 Å². The zero-order valence-electron chi connectivity index (χ0n) is 14.9. The minimum atomic E-state index is -0.535. The largest absolute Gasteiger partial charge is 0.497 e. The van der Waals surface area contributed by atoms with Crippen molar-refractivity contribution in [1.82, 2.24) is 5.32 Å². The summed E-state index contributed by atoms with van der Waals surface area (Å²) < 4.78 is 10.4. The first-order chi connectivity index (χ1) is 12.6. The normalized spacial score (nSPS) is 11.8. The Kier molecular flexibility index (Phi) is 6.63. The first-order valence-corrected chi connectivity index (χ1v) is 8.03. The summed E-state index contributed by atoms with van der Waals surface area (Å²) in [6.45, 7) is 1.95. The number of nitrogens with zero attached hydrogens (tertiary/aromatic N) is 1. The van der Waals surface area contributed by atoms with Crippen molar-refractivity contribution in [3.63, 3.8) is 0 Å². The Morgan fingerprint density at radius 2 is 1.88 bits per heavy atom. The van der Waals surface area contributed by atoms with Gasteiger partial charge in [0, 0.05) is 18.3 Å². The minimum absolute atomic E-state index is 0.0429. The number of hydrogen-bond acceptors (Lipinski definition) is 5. The minimum Gasteiger partial charge on any atom is -0.497 e. The molecule has 0 spiro atoms. The molecule has 6 nitrogen and oxygen atoms in total. The molecule has 0 aliphatic carbocycles. The van der Waals surface area contributed by atoms with Crippen LogP contribution in [0.2, 0.25) is 0 Å². The van der Waals surface area contributed by atoms with Crippen molar-refractivity contribution in [3.8, 4) is 17.6 Å². The van der Waals surface area contributed by atoms with Gasteiger partial charge in [-0.1, -0.05) is 30.3 Å². The van der Waals surface area contributed by atoms with Crippen molar-refractivity contribution in [2.45, 2.75) is 13.0 Å². The van der Waals surface area contributed by atoms with Gasteiger partial charge in [-0.2, -0.15) is 5.26 Å². The van der Waals surface area contributed by atoms with Crippen LogP contribution in [0.5, 0.6) is 11.5 Å². The lowest BCUT2D eigenvalue weighted by Gasteiger charge is -2.13. The fourth-order valence-corrected chi connectivity index (χ4v) is 2.30. The molecule has 1 unspecified atom stereocenters. The molecule has 0 aliphatic heterocycles. The molecule has 0 aromatic heterocycles. The van der Waals surface area contributed by atoms with Gasteiger partial charge in [0.15, 0.2) is 0 Å². The highest BCUT2D eigenvalue weighted by Crippen LogP contribution is 2.29. The predicted octanol–water partition coefficient (Wildman–Crippen LogP) is 3.40. The molecule has 0 saturated carbocycles. The van der Waals surface area contributed by atoms with Gasteiger partial charge in [0.2, 0.25) is 0 Å². The Labute approximate surface area is 153 Å². The number of anilines is 1. The summed E-state index contributed by atoms with van der Waals surface area (Å²) in [6.07, 6.45) is 1.42. The highest BCUT2D eigenvalue weighted by molar-refractivity contribution is 6.07. The summed E-state index contributed by atoms with van der Waals surface area (Å²) >= 11 is 0. The number of ether oxygens (including phenoxy) is 2. The third-order valence-electron chi connectivity index (χ3n) is 3.80. The highest BCUT2D eigenvalue weighted by atomic mass is 16.5. The van der Waals surface area contributed by atoms with E-state index in [2.05, 4.69) is 10.6 Å². The Morgan fingerprint density at radius 3 is 2.50 bits per heavy atom. The number of hydrogen-bond donors (Lipinski definition) is 2. The number of amides is 1. The van der Waals surface area contributed by atoms with E-state index in [0.29, 0.717) is 17.2 Å². The first kappa shape index (κ1) is 18.9. The van der Waals surface area contributed by atoms with E-state index in [1.165, 1.54) is 20.4 Å². The molecule has 1 atom stereocenters. The topological polar surface area (TPSA) is 83.4 Å². The first-order valence-electron chi connectivity index (χ1n) is 8.03. The van der Waals surface area contributed by atoms with Gasteiger partial charge in [0.25, 0.3) is 5.91 Å². The molecule has 0 radical (unpaired) electrons. The van der Waals surface area contributed by atoms with Crippen LogP contribution in [0.4, 0.5) is 5.69 Å². The van der Waals surface area contributed by atoms with E-state index in [0.717, 1.165) is 5.56 Å². The predicted molar refractivity (Wildman–Crippen MR) is 99.9 cm³/mol. The molecular formula is C20H21N3O3. The second-order valence-electron chi connectivity index (χ2n) is 5.49. The smallest absolute Gasteiger partial charge is 0.267 e. The Hall–Kier alpha value is -3.46. The maximum absolute atomic E-state index is 12.4. The summed E-state index contributed by atoms with van der Waals surface area (Å²) in [7, 11) is 3.03. The second-order valence-corrected chi connectivity index (χ2v) is 5.49. The summed E-state index contributed by atoms with van der Waals surface area (Å²) in [4.78, 5) is 12.4. The third-order valence-corrected chi connectivity index (χ3v) is 3.80. The average Bonchev–Trinajstić information content (AvgIpc) is 2.68. The molecule has 2 aromatic rings. The monoisotopic (exact) mass is 351 g/mol. The van der Waals surface area contributed by atoms with Gasteiger partial charge < -0.3 is 20.1 Å². The molecule has 2 rings (SSSR count). The van der Waals surface area contributed by atoms with Crippen LogP contribution >= 0.6 is 0 Å². The standard InChI is InChI=1S/C20H21N3O3/c1-14(15-7-5-4-6-8-15)22-13-16(12-21)20(24)23-18-11-17(25-2)9-10-19(18)26-3/h4-11,13-14,22H,1-3H3,(H,23,24)/b16-13-. The summed E-state index contributed by atoms with van der Waals surface area (Å²) in [5.41, 5.74) is 1.43. The van der Waals surface area contributed by atoms with Crippen LogP contribution in [-0.4, -0.2) is 20.1 Å². The number of nitriles is 1. The van der Waals surface area contributed by atoms with E-state index in [9.17, 15) is 10.1 Å². The maximum Gasteiger partial charge on any atom is 0.267 e. The molecule has 26 heavy (non-hydrogen) atoms. The number of nitrogens with one attached hydrogen (secondary N) is 2. The molecule has 0 bridgehead atoms. The van der Waals surface area contributed by atoms with Crippen molar-refractivity contribution in [3.05, 3.63) is 65.9 Å². The zero-order valence-corrected chi connectivity index (χ0v) is 14.9. The second kappa shape index (κ2) is 9.14. The number of benzene rings is 2. The Bertz CT molecular complexity index is 826. The molecule has 0 aliphatic rings. The van der Waals surface area contributed by atoms with Crippen LogP contribution in [0.3, 0.4) is 0 Å². The lowest BCUT2D eigenvalue weighted by molar-refractivity contribution is -0.112. The van der Waals surface area contributed by atoms with Crippen molar-refractivity contribution in [1.29, 1.82) is 5.26 Å². The lowest BCUT2D eigenvalue weighted by atomic mass is 10.1. The van der Waals surface area contributed by atoms with E-state index in [1.54, 1.807) is 18.2 Å². The molecule has 0 heterocycles. The summed E-state index contributed by atoms with van der Waals surface area (Å²) in [5.74, 6) is 0.508. The fraction of sp³-hybridized carbons (Fsp3) is 0.200. The molecule has 1 amide bonds. The highest BCUT2D eigenvalue weighted by Gasteiger charge is 2.14. The number of carbonyl (C=O) groups excluding carboxylic acids is 1. The van der Waals surface area contributed by atoms with Gasteiger partial charge in [-0.15, -0.1) is 0 Å². The van der Waals surface area contributed by atoms with Crippen LogP contribution in [0.25, 0.3) is 0 Å². The van der Waals surface area contributed by atoms with Crippen LogP contribution in [-0.2, 0) is 4.79 Å². The van der Waals surface area contributed by atoms with Crippen LogP contribution in [0, 0.1) is 11.3 Å². The van der Waals surface area contributed by atoms with Crippen molar-refractivity contribution in [2.75, 3.05) is 19.5 Å². The number of methoxy groups -OCH3 is 2. The number of carbonyl (C=O) groups is 1. The van der Waals surface area contributed by atoms with Crippen molar-refractivity contribution < 1.29 is 14.3 Å². The van der Waals surface area contributed by atoms with Gasteiger partial charge in [-0.25, -0.2) is 0 Å². The van der Waals surface area contributed by atoms with Crippen LogP contribution in [0.1, 0.15) is 18.5 Å². The van der Waals surface area contributed by atoms with E-state index in [4.69, 9.17) is 9.47 Å². The molecule has 134 valence electrons. The molecule has 6 heteroatoms. The van der Waals surface area contributed by atoms with Crippen LogP contribution < -0.4 is 20.1 Å². The zero-order chi connectivity index (χ0) is 18.9. The average molecular weight is 351 g/mol.